The van der Waals surface area contributed by atoms with Gasteiger partial charge < -0.3 is 4.90 Å². The number of hydrogen-bond donors (Lipinski definition) is 0. The van der Waals surface area contributed by atoms with Crippen LogP contribution in [0.3, 0.4) is 0 Å². The summed E-state index contributed by atoms with van der Waals surface area (Å²) in [6, 6.07) is 16.2. The Labute approximate surface area is 140 Å². The van der Waals surface area contributed by atoms with Crippen LogP contribution in [0.2, 0.25) is 0 Å². The summed E-state index contributed by atoms with van der Waals surface area (Å²) in [6.45, 7) is 4.75. The lowest BCUT2D eigenvalue weighted by molar-refractivity contribution is 0.197. The number of benzene rings is 2. The molecule has 0 spiro atoms. The first kappa shape index (κ1) is 15.0. The zero-order chi connectivity index (χ0) is 15.8. The summed E-state index contributed by atoms with van der Waals surface area (Å²) in [5.41, 5.74) is 7.71. The molecule has 2 aromatic rings. The lowest BCUT2D eigenvalue weighted by Gasteiger charge is -2.35. The van der Waals surface area contributed by atoms with E-state index in [1.807, 2.05) is 0 Å². The molecule has 1 atom stereocenters. The average Bonchev–Trinajstić information content (AvgIpc) is 2.72. The fourth-order valence-electron chi connectivity index (χ4n) is 4.55. The molecule has 1 unspecified atom stereocenters. The van der Waals surface area contributed by atoms with Crippen molar-refractivity contribution in [3.63, 3.8) is 0 Å². The van der Waals surface area contributed by atoms with Crippen molar-refractivity contribution in [1.82, 2.24) is 4.90 Å². The Hall–Kier alpha value is -1.60. The molecule has 1 aliphatic heterocycles. The van der Waals surface area contributed by atoms with E-state index in [4.69, 9.17) is 0 Å². The van der Waals surface area contributed by atoms with Gasteiger partial charge in [0, 0.05) is 0 Å². The predicted octanol–water partition coefficient (Wildman–Crippen LogP) is 4.57. The summed E-state index contributed by atoms with van der Waals surface area (Å²) in [5, 5.41) is 0. The molecule has 1 fully saturated rings. The summed E-state index contributed by atoms with van der Waals surface area (Å²) in [4.78, 5) is 2.48. The van der Waals surface area contributed by atoms with Crippen LogP contribution in [0.15, 0.2) is 42.5 Å². The number of nitrogens with zero attached hydrogens (tertiary/aromatic N) is 1. The third-order valence-corrected chi connectivity index (χ3v) is 5.97. The van der Waals surface area contributed by atoms with Gasteiger partial charge in [-0.3, -0.25) is 0 Å². The van der Waals surface area contributed by atoms with E-state index in [-0.39, 0.29) is 0 Å². The van der Waals surface area contributed by atoms with Gasteiger partial charge in [0.15, 0.2) is 0 Å². The maximum absolute atomic E-state index is 2.48. The molecule has 0 saturated carbocycles. The van der Waals surface area contributed by atoms with Gasteiger partial charge in [0.25, 0.3) is 0 Å². The third kappa shape index (κ3) is 2.95. The second-order valence-corrected chi connectivity index (χ2v) is 7.60. The van der Waals surface area contributed by atoms with Crippen LogP contribution in [-0.4, -0.2) is 25.0 Å². The molecule has 0 aromatic heterocycles. The van der Waals surface area contributed by atoms with Crippen molar-refractivity contribution in [3.05, 3.63) is 70.3 Å². The molecule has 1 aliphatic carbocycles. The van der Waals surface area contributed by atoms with Crippen LogP contribution in [0.4, 0.5) is 0 Å². The monoisotopic (exact) mass is 305 g/mol. The van der Waals surface area contributed by atoms with E-state index in [0.29, 0.717) is 5.92 Å². The molecular formula is C22H27N. The molecular weight excluding hydrogens is 278 g/mol. The molecule has 1 saturated heterocycles. The number of aryl methyl sites for hydroxylation is 1. The van der Waals surface area contributed by atoms with Crippen LogP contribution in [0, 0.1) is 12.8 Å². The first-order valence-electron chi connectivity index (χ1n) is 9.05. The predicted molar refractivity (Wildman–Crippen MR) is 97.1 cm³/mol. The summed E-state index contributed by atoms with van der Waals surface area (Å²) in [6.07, 6.45) is 5.02. The van der Waals surface area contributed by atoms with Gasteiger partial charge in [-0.1, -0.05) is 48.0 Å². The van der Waals surface area contributed by atoms with Gasteiger partial charge >= 0.3 is 0 Å². The fraction of sp³-hybridized carbons (Fsp3) is 0.455. The maximum Gasteiger partial charge on any atom is -0.00189 e. The minimum absolute atomic E-state index is 0.697. The van der Waals surface area contributed by atoms with Gasteiger partial charge in [-0.15, -0.1) is 0 Å². The Morgan fingerprint density at radius 2 is 1.65 bits per heavy atom. The van der Waals surface area contributed by atoms with E-state index in [1.165, 1.54) is 43.5 Å². The zero-order valence-corrected chi connectivity index (χ0v) is 14.4. The smallest absolute Gasteiger partial charge is 0.00189 e. The molecule has 1 heteroatoms. The Balaban J connectivity index is 1.76. The van der Waals surface area contributed by atoms with Gasteiger partial charge in [-0.25, -0.2) is 0 Å². The zero-order valence-electron chi connectivity index (χ0n) is 14.4. The molecule has 0 amide bonds. The molecule has 2 aromatic carbocycles. The topological polar surface area (TPSA) is 3.24 Å². The fourth-order valence-corrected chi connectivity index (χ4v) is 4.55. The molecule has 0 radical (unpaired) electrons. The van der Waals surface area contributed by atoms with Crippen molar-refractivity contribution in [2.45, 2.75) is 38.5 Å². The van der Waals surface area contributed by atoms with E-state index in [9.17, 15) is 0 Å². The van der Waals surface area contributed by atoms with Crippen LogP contribution in [-0.2, 0) is 12.8 Å². The normalized spacial score (nSPS) is 22.3. The number of fused-ring (bicyclic) bond motifs is 2. The number of rotatable bonds is 1. The lowest BCUT2D eigenvalue weighted by Crippen LogP contribution is -2.33. The highest BCUT2D eigenvalue weighted by Gasteiger charge is 2.30. The van der Waals surface area contributed by atoms with Gasteiger partial charge in [-0.05, 0) is 86.8 Å². The van der Waals surface area contributed by atoms with E-state index >= 15 is 0 Å². The Kier molecular flexibility index (Phi) is 3.98. The Bertz CT molecular complexity index is 695. The highest BCUT2D eigenvalue weighted by atomic mass is 15.1. The van der Waals surface area contributed by atoms with E-state index in [0.717, 1.165) is 12.3 Å². The standard InChI is InChI=1S/C22H27N/c1-16-7-8-20-14-18-5-3-4-6-19(18)15-22(21(20)13-16)17-9-11-23(2)12-10-17/h3-8,13,17,22H,9-12,14-15H2,1-2H3. The number of piperidine rings is 1. The van der Waals surface area contributed by atoms with Crippen molar-refractivity contribution in [2.24, 2.45) is 5.92 Å². The van der Waals surface area contributed by atoms with Gasteiger partial charge in [0.2, 0.25) is 0 Å². The quantitative estimate of drug-likeness (QED) is 0.746. The van der Waals surface area contributed by atoms with Crippen LogP contribution < -0.4 is 0 Å². The second kappa shape index (κ2) is 6.13. The highest BCUT2D eigenvalue weighted by molar-refractivity contribution is 5.44. The third-order valence-electron chi connectivity index (χ3n) is 5.97. The molecule has 23 heavy (non-hydrogen) atoms. The van der Waals surface area contributed by atoms with E-state index in [2.05, 4.69) is 61.3 Å². The van der Waals surface area contributed by atoms with Crippen LogP contribution in [0.1, 0.15) is 46.6 Å². The molecule has 2 aliphatic rings. The lowest BCUT2D eigenvalue weighted by atomic mass is 9.76. The van der Waals surface area contributed by atoms with Crippen molar-refractivity contribution in [2.75, 3.05) is 20.1 Å². The minimum atomic E-state index is 0.697. The molecule has 4 rings (SSSR count). The first-order chi connectivity index (χ1) is 11.2. The largest absolute Gasteiger partial charge is 0.306 e. The van der Waals surface area contributed by atoms with Gasteiger partial charge in [0.1, 0.15) is 0 Å². The van der Waals surface area contributed by atoms with Gasteiger partial charge in [-0.2, -0.15) is 0 Å². The Morgan fingerprint density at radius 1 is 0.913 bits per heavy atom. The molecule has 0 bridgehead atoms. The molecule has 1 nitrogen and oxygen atoms in total. The van der Waals surface area contributed by atoms with Crippen molar-refractivity contribution in [1.29, 1.82) is 0 Å². The first-order valence-corrected chi connectivity index (χ1v) is 9.05. The van der Waals surface area contributed by atoms with Crippen LogP contribution >= 0.6 is 0 Å². The average molecular weight is 305 g/mol. The molecule has 1 heterocycles. The number of likely N-dealkylation sites (tertiary alicyclic amines) is 1. The van der Waals surface area contributed by atoms with E-state index in [1.54, 1.807) is 16.7 Å². The SMILES string of the molecule is Cc1ccc2c(c1)C(C1CCN(C)CC1)Cc1ccccc1C2. The summed E-state index contributed by atoms with van der Waals surface area (Å²) in [7, 11) is 2.26. The van der Waals surface area contributed by atoms with Crippen molar-refractivity contribution < 1.29 is 0 Å². The Morgan fingerprint density at radius 3 is 2.43 bits per heavy atom. The molecule has 120 valence electrons. The van der Waals surface area contributed by atoms with Crippen molar-refractivity contribution >= 4 is 0 Å². The maximum atomic E-state index is 2.48. The summed E-state index contributed by atoms with van der Waals surface area (Å²) < 4.78 is 0. The highest BCUT2D eigenvalue weighted by Crippen LogP contribution is 2.40. The summed E-state index contributed by atoms with van der Waals surface area (Å²) in [5.74, 6) is 1.53. The molecule has 0 N–H and O–H groups in total. The second-order valence-electron chi connectivity index (χ2n) is 7.60. The van der Waals surface area contributed by atoms with Crippen LogP contribution in [0.25, 0.3) is 0 Å². The van der Waals surface area contributed by atoms with Crippen molar-refractivity contribution in [3.8, 4) is 0 Å². The summed E-state index contributed by atoms with van der Waals surface area (Å²) >= 11 is 0. The van der Waals surface area contributed by atoms with Gasteiger partial charge in [0.05, 0.1) is 0 Å². The van der Waals surface area contributed by atoms with E-state index < -0.39 is 0 Å². The minimum Gasteiger partial charge on any atom is -0.306 e. The van der Waals surface area contributed by atoms with Crippen LogP contribution in [0.5, 0.6) is 0 Å². The number of hydrogen-bond acceptors (Lipinski definition) is 1.